The summed E-state index contributed by atoms with van der Waals surface area (Å²) in [5, 5.41) is 5.02. The van der Waals surface area contributed by atoms with E-state index in [4.69, 9.17) is 6.42 Å². The van der Waals surface area contributed by atoms with Crippen LogP contribution in [0.4, 0.5) is 14.5 Å². The van der Waals surface area contributed by atoms with Crippen LogP contribution in [0.5, 0.6) is 0 Å². The SMILES string of the molecule is C#CC(CCC)NCC(=O)Nc1c(F)cccc1F. The number of para-hydroxylation sites is 1. The van der Waals surface area contributed by atoms with E-state index < -0.39 is 23.2 Å². The highest BCUT2D eigenvalue weighted by atomic mass is 19.1. The molecule has 1 rings (SSSR count). The molecule has 1 aromatic carbocycles. The molecule has 0 fully saturated rings. The fourth-order valence-electron chi connectivity index (χ4n) is 1.55. The zero-order chi connectivity index (χ0) is 14.3. The summed E-state index contributed by atoms with van der Waals surface area (Å²) in [4.78, 5) is 11.6. The summed E-state index contributed by atoms with van der Waals surface area (Å²) in [6.45, 7) is 1.88. The molecule has 1 atom stereocenters. The highest BCUT2D eigenvalue weighted by Crippen LogP contribution is 2.17. The van der Waals surface area contributed by atoms with Crippen molar-refractivity contribution in [1.29, 1.82) is 0 Å². The summed E-state index contributed by atoms with van der Waals surface area (Å²) >= 11 is 0. The molecular weight excluding hydrogens is 250 g/mol. The zero-order valence-electron chi connectivity index (χ0n) is 10.7. The molecule has 0 spiro atoms. The van der Waals surface area contributed by atoms with Crippen LogP contribution in [0.2, 0.25) is 0 Å². The Bertz CT molecular complexity index is 463. The van der Waals surface area contributed by atoms with Gasteiger partial charge in [-0.3, -0.25) is 10.1 Å². The summed E-state index contributed by atoms with van der Waals surface area (Å²) in [7, 11) is 0. The molecule has 1 aromatic rings. The number of terminal acetylenes is 1. The monoisotopic (exact) mass is 266 g/mol. The Labute approximate surface area is 111 Å². The number of halogens is 2. The molecule has 0 saturated heterocycles. The van der Waals surface area contributed by atoms with Crippen molar-refractivity contribution in [3.05, 3.63) is 29.8 Å². The molecule has 0 heterocycles. The van der Waals surface area contributed by atoms with E-state index in [-0.39, 0.29) is 12.6 Å². The van der Waals surface area contributed by atoms with Crippen molar-refractivity contribution in [3.8, 4) is 12.3 Å². The van der Waals surface area contributed by atoms with Gasteiger partial charge >= 0.3 is 0 Å². The van der Waals surface area contributed by atoms with Crippen LogP contribution < -0.4 is 10.6 Å². The second kappa shape index (κ2) is 7.49. The van der Waals surface area contributed by atoms with Gasteiger partial charge < -0.3 is 5.32 Å². The van der Waals surface area contributed by atoms with E-state index in [1.807, 2.05) is 6.92 Å². The number of hydrogen-bond acceptors (Lipinski definition) is 2. The van der Waals surface area contributed by atoms with Gasteiger partial charge in [-0.05, 0) is 18.6 Å². The zero-order valence-corrected chi connectivity index (χ0v) is 10.7. The lowest BCUT2D eigenvalue weighted by molar-refractivity contribution is -0.115. The number of rotatable bonds is 6. The molecule has 0 aliphatic rings. The predicted octanol–water partition coefficient (Wildman–Crippen LogP) is 2.29. The Morgan fingerprint density at radius 1 is 1.42 bits per heavy atom. The summed E-state index contributed by atoms with van der Waals surface area (Å²) in [5.74, 6) is 0.345. The number of amides is 1. The van der Waals surface area contributed by atoms with Gasteiger partial charge in [-0.1, -0.05) is 25.3 Å². The molecule has 0 aromatic heterocycles. The Hall–Kier alpha value is -1.93. The van der Waals surface area contributed by atoms with Gasteiger partial charge in [0.2, 0.25) is 5.91 Å². The summed E-state index contributed by atoms with van der Waals surface area (Å²) in [6, 6.07) is 3.16. The normalized spacial score (nSPS) is 11.7. The van der Waals surface area contributed by atoms with E-state index in [1.54, 1.807) is 0 Å². The van der Waals surface area contributed by atoms with Gasteiger partial charge in [0, 0.05) is 0 Å². The maximum absolute atomic E-state index is 13.3. The van der Waals surface area contributed by atoms with E-state index in [0.717, 1.165) is 25.0 Å². The van der Waals surface area contributed by atoms with Gasteiger partial charge in [0.1, 0.15) is 17.3 Å². The van der Waals surface area contributed by atoms with Crippen molar-refractivity contribution in [3.63, 3.8) is 0 Å². The number of nitrogens with one attached hydrogen (secondary N) is 2. The second-order valence-corrected chi connectivity index (χ2v) is 4.03. The van der Waals surface area contributed by atoms with Crippen LogP contribution in [0.3, 0.4) is 0 Å². The Kier molecular flexibility index (Phi) is 5.97. The largest absolute Gasteiger partial charge is 0.320 e. The van der Waals surface area contributed by atoms with E-state index in [0.29, 0.717) is 0 Å². The van der Waals surface area contributed by atoms with Crippen LogP contribution in [0.25, 0.3) is 0 Å². The van der Waals surface area contributed by atoms with Crippen molar-refractivity contribution >= 4 is 11.6 Å². The number of hydrogen-bond donors (Lipinski definition) is 2. The third kappa shape index (κ3) is 4.68. The molecule has 0 bridgehead atoms. The van der Waals surface area contributed by atoms with E-state index in [2.05, 4.69) is 16.6 Å². The summed E-state index contributed by atoms with van der Waals surface area (Å²) in [5.41, 5.74) is -0.443. The molecule has 0 aliphatic heterocycles. The maximum Gasteiger partial charge on any atom is 0.238 e. The van der Waals surface area contributed by atoms with Crippen molar-refractivity contribution in [2.24, 2.45) is 0 Å². The first-order valence-corrected chi connectivity index (χ1v) is 6.01. The fourth-order valence-corrected chi connectivity index (χ4v) is 1.55. The lowest BCUT2D eigenvalue weighted by Crippen LogP contribution is -2.35. The molecule has 102 valence electrons. The summed E-state index contributed by atoms with van der Waals surface area (Å²) in [6.07, 6.45) is 6.90. The van der Waals surface area contributed by atoms with Gasteiger partial charge in [0.25, 0.3) is 0 Å². The molecule has 0 radical (unpaired) electrons. The molecule has 1 amide bonds. The molecule has 19 heavy (non-hydrogen) atoms. The number of carbonyl (C=O) groups excluding carboxylic acids is 1. The first-order chi connectivity index (χ1) is 9.08. The van der Waals surface area contributed by atoms with E-state index in [1.165, 1.54) is 6.07 Å². The Morgan fingerprint density at radius 2 is 2.05 bits per heavy atom. The minimum absolute atomic E-state index is 0.0946. The van der Waals surface area contributed by atoms with Gasteiger partial charge in [0.15, 0.2) is 0 Å². The molecule has 2 N–H and O–H groups in total. The summed E-state index contributed by atoms with van der Waals surface area (Å²) < 4.78 is 26.6. The van der Waals surface area contributed by atoms with Crippen molar-refractivity contribution < 1.29 is 13.6 Å². The fraction of sp³-hybridized carbons (Fsp3) is 0.357. The van der Waals surface area contributed by atoms with Gasteiger partial charge in [0.05, 0.1) is 12.6 Å². The number of carbonyl (C=O) groups is 1. The van der Waals surface area contributed by atoms with Crippen LogP contribution in [-0.4, -0.2) is 18.5 Å². The first-order valence-electron chi connectivity index (χ1n) is 6.01. The van der Waals surface area contributed by atoms with Crippen LogP contribution in [0.15, 0.2) is 18.2 Å². The number of anilines is 1. The lowest BCUT2D eigenvalue weighted by atomic mass is 10.2. The Balaban J connectivity index is 2.54. The molecule has 5 heteroatoms. The predicted molar refractivity (Wildman–Crippen MR) is 70.5 cm³/mol. The number of benzene rings is 1. The van der Waals surface area contributed by atoms with Crippen LogP contribution in [0, 0.1) is 24.0 Å². The maximum atomic E-state index is 13.3. The van der Waals surface area contributed by atoms with E-state index >= 15 is 0 Å². The Morgan fingerprint density at radius 3 is 2.58 bits per heavy atom. The molecule has 0 aliphatic carbocycles. The van der Waals surface area contributed by atoms with E-state index in [9.17, 15) is 13.6 Å². The topological polar surface area (TPSA) is 41.1 Å². The first kappa shape index (κ1) is 15.1. The second-order valence-electron chi connectivity index (χ2n) is 4.03. The minimum Gasteiger partial charge on any atom is -0.320 e. The lowest BCUT2D eigenvalue weighted by Gasteiger charge is -2.12. The average Bonchev–Trinajstić information content (AvgIpc) is 2.39. The third-order valence-corrected chi connectivity index (χ3v) is 2.51. The third-order valence-electron chi connectivity index (χ3n) is 2.51. The minimum atomic E-state index is -0.810. The van der Waals surface area contributed by atoms with Gasteiger partial charge in [-0.15, -0.1) is 6.42 Å². The molecular formula is C14H16F2N2O. The van der Waals surface area contributed by atoms with Crippen molar-refractivity contribution in [1.82, 2.24) is 5.32 Å². The van der Waals surface area contributed by atoms with Crippen LogP contribution >= 0.6 is 0 Å². The quantitative estimate of drug-likeness (QED) is 0.776. The highest BCUT2D eigenvalue weighted by molar-refractivity contribution is 5.92. The standard InChI is InChI=1S/C14H16F2N2O/c1-3-6-10(4-2)17-9-13(19)18-14-11(15)7-5-8-12(14)16/h2,5,7-8,10,17H,3,6,9H2,1H3,(H,18,19). The van der Waals surface area contributed by atoms with Gasteiger partial charge in [-0.25, -0.2) is 8.78 Å². The molecule has 3 nitrogen and oxygen atoms in total. The van der Waals surface area contributed by atoms with Crippen molar-refractivity contribution in [2.45, 2.75) is 25.8 Å². The average molecular weight is 266 g/mol. The van der Waals surface area contributed by atoms with Crippen LogP contribution in [0.1, 0.15) is 19.8 Å². The smallest absolute Gasteiger partial charge is 0.238 e. The molecule has 0 saturated carbocycles. The highest BCUT2D eigenvalue weighted by Gasteiger charge is 2.12. The molecule has 1 unspecified atom stereocenters. The van der Waals surface area contributed by atoms with Crippen LogP contribution in [-0.2, 0) is 4.79 Å². The van der Waals surface area contributed by atoms with Crippen molar-refractivity contribution in [2.75, 3.05) is 11.9 Å². The van der Waals surface area contributed by atoms with Gasteiger partial charge in [-0.2, -0.15) is 0 Å².